The maximum atomic E-state index is 5.06. The second kappa shape index (κ2) is 5.98. The number of rotatable bonds is 0. The van der Waals surface area contributed by atoms with Crippen LogP contribution in [0.1, 0.15) is 12.8 Å². The average Bonchev–Trinajstić information content (AvgIpc) is 2.90. The molecule has 22 heavy (non-hydrogen) atoms. The van der Waals surface area contributed by atoms with Crippen LogP contribution >= 0.6 is 53.0 Å². The van der Waals surface area contributed by atoms with Gasteiger partial charge in [0.05, 0.1) is 20.0 Å². The first-order valence-electron chi connectivity index (χ1n) is 6.25. The van der Waals surface area contributed by atoms with Gasteiger partial charge in [0, 0.05) is 5.21 Å². The number of halogens is 6. The molecule has 1 aromatic carbocycles. The maximum absolute atomic E-state index is 5.42. The molecule has 1 aromatic heterocycles. The molecule has 2 heterocycles. The zero-order valence-corrected chi connectivity index (χ0v) is 18.5. The average molecular weight is 536 g/mol. The molecule has 1 aliphatic rings. The van der Waals surface area contributed by atoms with Crippen molar-refractivity contribution in [2.24, 2.45) is 0 Å². The van der Waals surface area contributed by atoms with Crippen LogP contribution in [0.15, 0.2) is 24.3 Å². The number of fused-ring (bicyclic) bond motifs is 1. The number of nitrogens with zero attached hydrogens (tertiary/aromatic N) is 4. The molecule has 3 rings (SSSR count). The van der Waals surface area contributed by atoms with Crippen molar-refractivity contribution >= 4 is 79.0 Å². The molecule has 0 fully saturated rings. The van der Waals surface area contributed by atoms with E-state index in [2.05, 4.69) is 28.0 Å². The second-order valence-corrected chi connectivity index (χ2v) is 61.8. The Morgan fingerprint density at radius 2 is 1.68 bits per heavy atom. The molecule has 11 heteroatoms. The van der Waals surface area contributed by atoms with E-state index in [0.717, 1.165) is 24.0 Å². The van der Waals surface area contributed by atoms with E-state index in [9.17, 15) is 0 Å². The predicted octanol–water partition coefficient (Wildman–Crippen LogP) is 4.87. The Morgan fingerprint density at radius 3 is 2.23 bits per heavy atom. The van der Waals surface area contributed by atoms with Crippen molar-refractivity contribution in [3.05, 3.63) is 24.3 Å². The summed E-state index contributed by atoms with van der Waals surface area (Å²) in [6.07, 6.45) is 2.30. The van der Waals surface area contributed by atoms with Crippen LogP contribution in [0.2, 0.25) is 0 Å². The molecule has 0 spiro atoms. The van der Waals surface area contributed by atoms with Gasteiger partial charge in [-0.1, -0.05) is 16.8 Å². The van der Waals surface area contributed by atoms with Crippen LogP contribution in [0.25, 0.3) is 11.0 Å². The molecule has 4 nitrogen and oxygen atoms in total. The quantitative estimate of drug-likeness (QED) is 0.356. The number of benzene rings is 1. The Hall–Kier alpha value is 0.848. The van der Waals surface area contributed by atoms with Crippen molar-refractivity contribution in [2.45, 2.75) is 12.8 Å². The van der Waals surface area contributed by atoms with Crippen LogP contribution in [-0.2, 0) is 0 Å². The van der Waals surface area contributed by atoms with Crippen LogP contribution in [0.4, 0.5) is 0 Å². The molecule has 0 saturated carbocycles. The van der Waals surface area contributed by atoms with E-state index in [1.54, 1.807) is 0 Å². The second-order valence-electron chi connectivity index (χ2n) is 4.89. The van der Waals surface area contributed by atoms with Crippen LogP contribution in [0.5, 0.6) is 0 Å². The Labute approximate surface area is 148 Å². The van der Waals surface area contributed by atoms with Crippen molar-refractivity contribution in [3.8, 4) is 0 Å². The molecule has 0 unspecified atom stereocenters. The minimum atomic E-state index is -5.42. The first kappa shape index (κ1) is 19.2. The fraction of sp³-hybridized carbons (Fsp3) is 0.364. The molecule has 0 bridgehead atoms. The summed E-state index contributed by atoms with van der Waals surface area (Å²) in [6.45, 7) is 1.11. The number of hydrogen-bond acceptors (Lipinski definition) is 2. The molecule has 0 atom stereocenters. The van der Waals surface area contributed by atoms with Gasteiger partial charge in [0.25, 0.3) is 5.84 Å². The molecule has 0 amide bonds. The molecule has 0 aliphatic carbocycles. The van der Waals surface area contributed by atoms with E-state index in [-0.39, 0.29) is 0 Å². The molecular formula is C11H13Cl6N4Sb. The Bertz CT molecular complexity index is 722. The first-order chi connectivity index (χ1) is 9.81. The molecule has 1 aliphatic heterocycles. The van der Waals surface area contributed by atoms with E-state index in [1.807, 2.05) is 22.9 Å². The SMILES string of the molecule is C[N+]1=C(n2nnc3ccccc32)CCC1.[Cl][Sb-]([Cl])([Cl])([Cl])([Cl])[Cl]. The van der Waals surface area contributed by atoms with Gasteiger partial charge in [-0.3, -0.25) is 4.58 Å². The normalized spacial score (nSPS) is 18.7. The van der Waals surface area contributed by atoms with Crippen LogP contribution in [0.3, 0.4) is 0 Å². The number of aromatic nitrogens is 3. The monoisotopic (exact) mass is 532 g/mol. The third-order valence-corrected chi connectivity index (χ3v) is 2.93. The summed E-state index contributed by atoms with van der Waals surface area (Å²) in [5.74, 6) is 1.25. The van der Waals surface area contributed by atoms with E-state index >= 15 is 0 Å². The standard InChI is InChI=1S/C11H13N4.6ClH.Sb/c1-14-8-4-7-11(14)15-10-6-3-2-5-9(10)12-13-15;;;;;;;/h2-3,5-6H,4,7-8H2,1H3;6*1H;/q+1;;;;;;;+5/p-6. The zero-order valence-electron chi connectivity index (χ0n) is 11.4. The Balaban J connectivity index is 0.000000217. The minimum absolute atomic E-state index is 0.963. The van der Waals surface area contributed by atoms with Crippen molar-refractivity contribution in [1.82, 2.24) is 15.0 Å². The van der Waals surface area contributed by atoms with Crippen molar-refractivity contribution in [3.63, 3.8) is 0 Å². The Morgan fingerprint density at radius 1 is 1.09 bits per heavy atom. The van der Waals surface area contributed by atoms with Crippen LogP contribution in [-0.4, -0.2) is 48.1 Å². The molecular weight excluding hydrogens is 523 g/mol. The number of para-hydroxylation sites is 1. The summed E-state index contributed by atoms with van der Waals surface area (Å²) >= 11 is 0. The third kappa shape index (κ3) is 6.76. The molecule has 124 valence electrons. The van der Waals surface area contributed by atoms with Gasteiger partial charge in [-0.05, 0) is 18.6 Å². The van der Waals surface area contributed by atoms with Crippen LogP contribution in [0, 0.1) is 0 Å². The fourth-order valence-electron chi connectivity index (χ4n) is 2.12. The van der Waals surface area contributed by atoms with E-state index in [1.165, 1.54) is 12.3 Å². The zero-order chi connectivity index (χ0) is 16.7. The summed E-state index contributed by atoms with van der Waals surface area (Å²) in [7, 11) is 27.1. The van der Waals surface area contributed by atoms with Gasteiger partial charge in [0.1, 0.15) is 5.52 Å². The Kier molecular flexibility index (Phi) is 5.21. The summed E-state index contributed by atoms with van der Waals surface area (Å²) in [6, 6.07) is 8.07. The van der Waals surface area contributed by atoms with Gasteiger partial charge in [0.15, 0.2) is 5.52 Å². The molecule has 0 N–H and O–H groups in total. The van der Waals surface area contributed by atoms with Gasteiger partial charge in [-0.25, -0.2) is 0 Å². The van der Waals surface area contributed by atoms with Gasteiger partial charge >= 0.3 is 62.1 Å². The summed E-state index contributed by atoms with van der Waals surface area (Å²) < 4.78 is 4.21. The van der Waals surface area contributed by atoms with E-state index < -0.39 is 9.14 Å². The fourth-order valence-corrected chi connectivity index (χ4v) is 2.12. The first-order valence-corrected chi connectivity index (χ1v) is 25.6. The molecule has 0 saturated heterocycles. The summed E-state index contributed by atoms with van der Waals surface area (Å²) in [5.41, 5.74) is 2.06. The van der Waals surface area contributed by atoms with E-state index in [0.29, 0.717) is 0 Å². The van der Waals surface area contributed by atoms with Crippen LogP contribution < -0.4 is 0 Å². The van der Waals surface area contributed by atoms with Crippen molar-refractivity contribution in [1.29, 1.82) is 0 Å². The summed E-state index contributed by atoms with van der Waals surface area (Å²) in [5, 5.41) is 8.38. The van der Waals surface area contributed by atoms with Gasteiger partial charge < -0.3 is 0 Å². The van der Waals surface area contributed by atoms with Crippen molar-refractivity contribution in [2.75, 3.05) is 13.6 Å². The third-order valence-electron chi connectivity index (χ3n) is 2.93. The summed E-state index contributed by atoms with van der Waals surface area (Å²) in [4.78, 5) is 0. The van der Waals surface area contributed by atoms with Gasteiger partial charge in [-0.15, -0.1) is 5.10 Å². The topological polar surface area (TPSA) is 33.7 Å². The van der Waals surface area contributed by atoms with Crippen molar-refractivity contribution < 1.29 is 4.58 Å². The van der Waals surface area contributed by atoms with E-state index in [4.69, 9.17) is 53.0 Å². The van der Waals surface area contributed by atoms with Gasteiger partial charge in [-0.2, -0.15) is 0 Å². The molecule has 0 radical (unpaired) electrons. The van der Waals surface area contributed by atoms with Gasteiger partial charge in [0.2, 0.25) is 0 Å². The molecule has 2 aromatic rings. The number of hydrogen-bond donors (Lipinski definition) is 0. The predicted molar refractivity (Wildman–Crippen MR) is 99.1 cm³/mol.